The number of nitrogens with zero attached hydrogens (tertiary/aromatic N) is 1. The molecule has 3 aromatic carbocycles. The van der Waals surface area contributed by atoms with Gasteiger partial charge < -0.3 is 15.0 Å². The van der Waals surface area contributed by atoms with Crippen molar-refractivity contribution in [2.45, 2.75) is 59.0 Å². The monoisotopic (exact) mass is 486 g/mol. The van der Waals surface area contributed by atoms with Crippen molar-refractivity contribution in [1.29, 1.82) is 0 Å². The molecule has 0 aliphatic heterocycles. The van der Waals surface area contributed by atoms with E-state index in [-0.39, 0.29) is 24.3 Å². The fourth-order valence-corrected chi connectivity index (χ4v) is 4.24. The molecule has 2 amide bonds. The summed E-state index contributed by atoms with van der Waals surface area (Å²) in [5.41, 5.74) is 4.14. The maximum atomic E-state index is 13.7. The van der Waals surface area contributed by atoms with Gasteiger partial charge in [-0.15, -0.1) is 0 Å². The van der Waals surface area contributed by atoms with Crippen LogP contribution < -0.4 is 10.1 Å². The first-order valence-electron chi connectivity index (χ1n) is 12.8. The number of hydrogen-bond acceptors (Lipinski definition) is 3. The molecule has 0 aliphatic carbocycles. The summed E-state index contributed by atoms with van der Waals surface area (Å²) in [7, 11) is 0. The summed E-state index contributed by atoms with van der Waals surface area (Å²) in [5.74, 6) is 0.601. The third-order valence-corrected chi connectivity index (χ3v) is 6.15. The van der Waals surface area contributed by atoms with Crippen molar-refractivity contribution in [2.24, 2.45) is 0 Å². The first kappa shape index (κ1) is 27.0. The SMILES string of the molecule is CCCNC(=O)[C@@H](Cc1ccccc1)N(Cc1cccc(C)c1)C(=O)COc1ccccc1C(C)C. The third-order valence-electron chi connectivity index (χ3n) is 6.15. The van der Waals surface area contributed by atoms with Gasteiger partial charge in [-0.25, -0.2) is 0 Å². The maximum Gasteiger partial charge on any atom is 0.261 e. The molecule has 0 heterocycles. The molecule has 5 heteroatoms. The van der Waals surface area contributed by atoms with Crippen LogP contribution in [-0.4, -0.2) is 35.9 Å². The van der Waals surface area contributed by atoms with E-state index in [4.69, 9.17) is 4.74 Å². The summed E-state index contributed by atoms with van der Waals surface area (Å²) in [6, 6.07) is 25.0. The lowest BCUT2D eigenvalue weighted by atomic mass is 10.0. The van der Waals surface area contributed by atoms with Crippen molar-refractivity contribution < 1.29 is 14.3 Å². The molecule has 0 aromatic heterocycles. The van der Waals surface area contributed by atoms with Crippen LogP contribution in [-0.2, 0) is 22.6 Å². The summed E-state index contributed by atoms with van der Waals surface area (Å²) >= 11 is 0. The topological polar surface area (TPSA) is 58.6 Å². The van der Waals surface area contributed by atoms with E-state index in [1.165, 1.54) is 0 Å². The average molecular weight is 487 g/mol. The summed E-state index contributed by atoms with van der Waals surface area (Å²) < 4.78 is 6.04. The van der Waals surface area contributed by atoms with Gasteiger partial charge >= 0.3 is 0 Å². The molecule has 0 radical (unpaired) electrons. The van der Waals surface area contributed by atoms with E-state index in [0.29, 0.717) is 25.3 Å². The molecule has 3 rings (SSSR count). The molecule has 0 saturated carbocycles. The Balaban J connectivity index is 1.91. The molecule has 0 bridgehead atoms. The molecule has 3 aromatic rings. The highest BCUT2D eigenvalue weighted by Crippen LogP contribution is 2.26. The van der Waals surface area contributed by atoms with E-state index in [0.717, 1.165) is 28.7 Å². The van der Waals surface area contributed by atoms with E-state index in [1.807, 2.05) is 86.6 Å². The Morgan fingerprint density at radius 2 is 1.61 bits per heavy atom. The zero-order valence-electron chi connectivity index (χ0n) is 21.9. The number of rotatable bonds is 12. The van der Waals surface area contributed by atoms with E-state index in [9.17, 15) is 9.59 Å². The number of hydrogen-bond donors (Lipinski definition) is 1. The zero-order chi connectivity index (χ0) is 25.9. The number of para-hydroxylation sites is 1. The number of carbonyl (C=O) groups is 2. The van der Waals surface area contributed by atoms with Crippen LogP contribution in [0.15, 0.2) is 78.9 Å². The lowest BCUT2D eigenvalue weighted by Crippen LogP contribution is -2.51. The maximum absolute atomic E-state index is 13.7. The third kappa shape index (κ3) is 7.70. The van der Waals surface area contributed by atoms with Gasteiger partial charge in [0.2, 0.25) is 5.91 Å². The van der Waals surface area contributed by atoms with Gasteiger partial charge in [0, 0.05) is 19.5 Å². The van der Waals surface area contributed by atoms with E-state index in [2.05, 4.69) is 25.2 Å². The van der Waals surface area contributed by atoms with Crippen molar-refractivity contribution in [2.75, 3.05) is 13.2 Å². The quantitative estimate of drug-likeness (QED) is 0.359. The first-order valence-corrected chi connectivity index (χ1v) is 12.8. The largest absolute Gasteiger partial charge is 0.483 e. The molecule has 0 unspecified atom stereocenters. The van der Waals surface area contributed by atoms with Crippen molar-refractivity contribution in [3.05, 3.63) is 101 Å². The highest BCUT2D eigenvalue weighted by molar-refractivity contribution is 5.88. The lowest BCUT2D eigenvalue weighted by Gasteiger charge is -2.31. The van der Waals surface area contributed by atoms with Crippen LogP contribution >= 0.6 is 0 Å². The van der Waals surface area contributed by atoms with Gasteiger partial charge in [-0.3, -0.25) is 9.59 Å². The van der Waals surface area contributed by atoms with Crippen molar-refractivity contribution >= 4 is 11.8 Å². The number of amides is 2. The van der Waals surface area contributed by atoms with Gasteiger partial charge in [-0.05, 0) is 42.0 Å². The Kier molecular flexibility index (Phi) is 10.1. The number of nitrogens with one attached hydrogen (secondary N) is 1. The van der Waals surface area contributed by atoms with Crippen molar-refractivity contribution in [3.8, 4) is 5.75 Å². The van der Waals surface area contributed by atoms with Gasteiger partial charge in [-0.1, -0.05) is 99.1 Å². The second-order valence-corrected chi connectivity index (χ2v) is 9.49. The minimum Gasteiger partial charge on any atom is -0.483 e. The Bertz CT molecular complexity index is 1130. The summed E-state index contributed by atoms with van der Waals surface area (Å²) in [5, 5.41) is 3.01. The predicted octanol–water partition coefficient (Wildman–Crippen LogP) is 5.66. The molecule has 0 saturated heterocycles. The van der Waals surface area contributed by atoms with Gasteiger partial charge in [0.05, 0.1) is 0 Å². The summed E-state index contributed by atoms with van der Waals surface area (Å²) in [6.07, 6.45) is 1.25. The minimum atomic E-state index is -0.657. The van der Waals surface area contributed by atoms with Gasteiger partial charge in [0.15, 0.2) is 6.61 Å². The van der Waals surface area contributed by atoms with Crippen LogP contribution in [0.25, 0.3) is 0 Å². The lowest BCUT2D eigenvalue weighted by molar-refractivity contribution is -0.142. The number of aryl methyl sites for hydroxylation is 1. The van der Waals surface area contributed by atoms with Crippen LogP contribution in [0.2, 0.25) is 0 Å². The Labute approximate surface area is 215 Å². The molecule has 5 nitrogen and oxygen atoms in total. The van der Waals surface area contributed by atoms with Gasteiger partial charge in [-0.2, -0.15) is 0 Å². The first-order chi connectivity index (χ1) is 17.4. The smallest absolute Gasteiger partial charge is 0.261 e. The fraction of sp³-hybridized carbons (Fsp3) is 0.355. The van der Waals surface area contributed by atoms with E-state index in [1.54, 1.807) is 4.90 Å². The predicted molar refractivity (Wildman–Crippen MR) is 145 cm³/mol. The van der Waals surface area contributed by atoms with Crippen LogP contribution in [0.4, 0.5) is 0 Å². The van der Waals surface area contributed by atoms with Gasteiger partial charge in [0.25, 0.3) is 5.91 Å². The highest BCUT2D eigenvalue weighted by atomic mass is 16.5. The molecule has 0 fully saturated rings. The van der Waals surface area contributed by atoms with Crippen molar-refractivity contribution in [3.63, 3.8) is 0 Å². The molecular weight excluding hydrogens is 448 g/mol. The zero-order valence-corrected chi connectivity index (χ0v) is 21.9. The second kappa shape index (κ2) is 13.5. The highest BCUT2D eigenvalue weighted by Gasteiger charge is 2.30. The Morgan fingerprint density at radius 3 is 2.31 bits per heavy atom. The van der Waals surface area contributed by atoms with E-state index >= 15 is 0 Å². The number of carbonyl (C=O) groups excluding carboxylic acids is 2. The normalized spacial score (nSPS) is 11.7. The summed E-state index contributed by atoms with van der Waals surface area (Å²) in [4.78, 5) is 28.8. The van der Waals surface area contributed by atoms with Crippen LogP contribution in [0.1, 0.15) is 55.4 Å². The standard InChI is InChI=1S/C31H38N2O3/c1-5-18-32-31(35)28(20-25-13-7-6-8-14-25)33(21-26-15-11-12-24(4)19-26)30(34)22-36-29-17-10-9-16-27(29)23(2)3/h6-17,19,23,28H,5,18,20-22H2,1-4H3,(H,32,35)/t28-/m1/s1. The molecule has 0 aliphatic rings. The van der Waals surface area contributed by atoms with Gasteiger partial charge in [0.1, 0.15) is 11.8 Å². The molecule has 190 valence electrons. The molecule has 1 atom stereocenters. The molecular formula is C31H38N2O3. The van der Waals surface area contributed by atoms with Crippen molar-refractivity contribution in [1.82, 2.24) is 10.2 Å². The van der Waals surface area contributed by atoms with Crippen LogP contribution in [0.5, 0.6) is 5.75 Å². The Hall–Kier alpha value is -3.60. The summed E-state index contributed by atoms with van der Waals surface area (Å²) in [6.45, 7) is 8.99. The van der Waals surface area contributed by atoms with Crippen LogP contribution in [0.3, 0.4) is 0 Å². The molecule has 36 heavy (non-hydrogen) atoms. The second-order valence-electron chi connectivity index (χ2n) is 9.49. The average Bonchev–Trinajstić information content (AvgIpc) is 2.88. The number of benzene rings is 3. The minimum absolute atomic E-state index is 0.137. The fourth-order valence-electron chi connectivity index (χ4n) is 4.24. The molecule has 0 spiro atoms. The number of ether oxygens (including phenoxy) is 1. The van der Waals surface area contributed by atoms with E-state index < -0.39 is 6.04 Å². The Morgan fingerprint density at radius 1 is 0.917 bits per heavy atom. The van der Waals surface area contributed by atoms with Crippen LogP contribution in [0, 0.1) is 6.92 Å². The molecule has 1 N–H and O–H groups in total.